The van der Waals surface area contributed by atoms with Crippen LogP contribution in [0.1, 0.15) is 60.9 Å². The third-order valence-electron chi connectivity index (χ3n) is 26.8. The number of hydrogen-bond donors (Lipinski definition) is 0. The molecule has 127 heavy (non-hydrogen) atoms. The molecule has 4 aromatic heterocycles. The molecule has 600 valence electrons. The van der Waals surface area contributed by atoms with Crippen LogP contribution in [0, 0.1) is 0 Å². The number of fused-ring (bicyclic) bond motifs is 17. The summed E-state index contributed by atoms with van der Waals surface area (Å²) in [5.41, 5.74) is 24.3. The molecule has 0 amide bonds. The largest absolute Gasteiger partial charge is 0.310 e. The Labute approximate surface area is 747 Å². The summed E-state index contributed by atoms with van der Waals surface area (Å²) < 4.78 is 79.8. The Kier molecular flexibility index (Phi) is 15.2. The van der Waals surface area contributed by atoms with Gasteiger partial charge in [-0.1, -0.05) is 321 Å². The number of nitrogens with zero attached hydrogens (tertiary/aromatic N) is 6. The first-order valence-corrected chi connectivity index (χ1v) is 44.0. The molecule has 0 saturated carbocycles. The van der Waals surface area contributed by atoms with Gasteiger partial charge >= 0.3 is 0 Å². The van der Waals surface area contributed by atoms with Crippen molar-refractivity contribution in [1.82, 2.24) is 18.3 Å². The second kappa shape index (κ2) is 28.4. The summed E-state index contributed by atoms with van der Waals surface area (Å²) in [4.78, 5) is 4.58. The Bertz CT molecular complexity index is 8180. The highest BCUT2D eigenvalue weighted by atomic mass is 15.2. The number of aromatic nitrogens is 4. The van der Waals surface area contributed by atoms with Crippen LogP contribution in [-0.2, 0) is 10.8 Å². The van der Waals surface area contributed by atoms with Crippen molar-refractivity contribution in [3.05, 3.63) is 430 Å². The smallest absolute Gasteiger partial charge is 0.252 e. The van der Waals surface area contributed by atoms with Crippen molar-refractivity contribution in [2.75, 3.05) is 9.80 Å². The van der Waals surface area contributed by atoms with Gasteiger partial charge in [-0.05, 0) is 222 Å². The van der Waals surface area contributed by atoms with Gasteiger partial charge in [0.1, 0.15) is 0 Å². The van der Waals surface area contributed by atoms with Crippen molar-refractivity contribution in [1.29, 1.82) is 0 Å². The fourth-order valence-electron chi connectivity index (χ4n) is 20.8. The monoisotopic (exact) mass is 1630 g/mol. The van der Waals surface area contributed by atoms with Crippen LogP contribution >= 0.6 is 0 Å². The van der Waals surface area contributed by atoms with E-state index in [0.717, 1.165) is 188 Å². The number of benzene rings is 19. The first-order chi connectivity index (χ1) is 64.8. The first kappa shape index (κ1) is 67.8. The highest BCUT2D eigenvalue weighted by Crippen LogP contribution is 2.57. The second-order valence-corrected chi connectivity index (χ2v) is 36.2. The van der Waals surface area contributed by atoms with Gasteiger partial charge in [-0.15, -0.1) is 0 Å². The van der Waals surface area contributed by atoms with E-state index in [1.165, 1.54) is 0 Å². The van der Waals surface area contributed by atoms with Crippen molar-refractivity contribution < 1.29 is 8.22 Å². The molecule has 23 aromatic rings. The van der Waals surface area contributed by atoms with Crippen molar-refractivity contribution in [2.24, 2.45) is 0 Å². The van der Waals surface area contributed by atoms with Crippen molar-refractivity contribution in [2.45, 2.75) is 52.4 Å². The van der Waals surface area contributed by atoms with Gasteiger partial charge < -0.3 is 28.1 Å². The maximum absolute atomic E-state index is 12.2. The first-order valence-electron chi connectivity index (χ1n) is 47.0. The van der Waals surface area contributed by atoms with Crippen molar-refractivity contribution >= 4 is 155 Å². The lowest BCUT2D eigenvalue weighted by atomic mass is 9.33. The summed E-state index contributed by atoms with van der Waals surface area (Å²) in [6.07, 6.45) is 0. The molecule has 6 heterocycles. The summed E-state index contributed by atoms with van der Waals surface area (Å²) in [5.74, 6) is 0. The molecule has 0 N–H and O–H groups in total. The van der Waals surface area contributed by atoms with Crippen LogP contribution < -0.4 is 26.2 Å². The molecule has 0 fully saturated rings. The van der Waals surface area contributed by atoms with E-state index in [0.29, 0.717) is 39.1 Å². The zero-order chi connectivity index (χ0) is 89.9. The molecule has 6 nitrogen and oxygen atoms in total. The van der Waals surface area contributed by atoms with Crippen LogP contribution in [0.2, 0.25) is 0 Å². The fraction of sp³-hybridized carbons (Fsp3) is 0.0667. The Balaban J connectivity index is 0.868. The molecule has 0 unspecified atom stereocenters. The number of rotatable bonds is 11. The van der Waals surface area contributed by atoms with Gasteiger partial charge in [0, 0.05) is 111 Å². The standard InChI is InChI=1S/C120H87BN6/c1-119(2,3)84-68-96(77-34-11-7-12-35-77)117(97(69-84)78-36-13-8-14-37-78)126-112-74-88(124-108-53-31-25-47-94(108)100-72-86(59-63-110(100)124)122-104-49-27-21-43-90(104)91-44-22-28-50-105(91)122)57-61-102(112)121-103-62-58-89(125-109-54-32-26-48-95(109)101-73-87(60-64-111(101)125)123-106-51-29-23-45-92(106)93-46-24-30-52-107(93)123)75-113(103)127(115-67-83(66-114(126)116(115)121)82-56-55-76-33-19-20-42-81(76)65-82)118-98(79-38-15-9-16-39-79)70-85(120(4,5)6)71-99(118)80-40-17-10-18-41-80/h7-75H,1-6H3/i57D,58D,61D,62D,74D,75D. The molecular formula is C120H87BN6. The molecule has 0 spiro atoms. The number of anilines is 6. The molecule has 25 rings (SSSR count). The second-order valence-electron chi connectivity index (χ2n) is 36.2. The average molecular weight is 1630 g/mol. The van der Waals surface area contributed by atoms with Crippen LogP contribution in [-0.4, -0.2) is 25.0 Å². The minimum Gasteiger partial charge on any atom is -0.310 e. The predicted molar refractivity (Wildman–Crippen MR) is 540 cm³/mol. The van der Waals surface area contributed by atoms with Gasteiger partial charge in [0.25, 0.3) is 6.71 Å². The summed E-state index contributed by atoms with van der Waals surface area (Å²) in [6, 6.07) is 134. The topological polar surface area (TPSA) is 26.2 Å². The summed E-state index contributed by atoms with van der Waals surface area (Å²) in [6.45, 7) is 12.3. The molecule has 19 aromatic carbocycles. The molecule has 0 radical (unpaired) electrons. The molecule has 0 saturated heterocycles. The Morgan fingerprint density at radius 1 is 0.228 bits per heavy atom. The zero-order valence-corrected chi connectivity index (χ0v) is 71.1. The normalized spacial score (nSPS) is 13.4. The molecule has 0 aliphatic carbocycles. The highest BCUT2D eigenvalue weighted by molar-refractivity contribution is 7.00. The van der Waals surface area contributed by atoms with E-state index in [9.17, 15) is 8.22 Å². The third kappa shape index (κ3) is 11.6. The Morgan fingerprint density at radius 2 is 0.528 bits per heavy atom. The van der Waals surface area contributed by atoms with E-state index >= 15 is 0 Å². The molecule has 0 atom stereocenters. The minimum absolute atomic E-state index is 0.0308. The van der Waals surface area contributed by atoms with Crippen molar-refractivity contribution in [3.8, 4) is 78.4 Å². The summed E-state index contributed by atoms with van der Waals surface area (Å²) in [7, 11) is 0. The van der Waals surface area contributed by atoms with Gasteiger partial charge in [-0.3, -0.25) is 0 Å². The summed E-state index contributed by atoms with van der Waals surface area (Å²) >= 11 is 0. The summed E-state index contributed by atoms with van der Waals surface area (Å²) in [5, 5.41) is 10.2. The number of para-hydroxylation sites is 6. The third-order valence-corrected chi connectivity index (χ3v) is 26.8. The molecule has 0 bridgehead atoms. The predicted octanol–water partition coefficient (Wildman–Crippen LogP) is 30.2. The molecular weight excluding hydrogens is 1540 g/mol. The SMILES string of the molecule is [2H]c1c([2H])c(-n2c3ccccc3c3cc(-n4c5ccccc5c5ccccc54)ccc32)c([2H])c2c1B1c3c(cc(-c4ccc5ccccc5c4)cc3N(c3c(-c4ccccc4)cc(C(C)(C)C)cc3-c3ccccc3)c3c([2H])c(-n4c5ccccc5c5cc(-n6c7ccccc7c7ccccc76)ccc54)c([2H])c([2H])c31)N2c1c(-c2ccccc2)cc(C(C)(C)C)cc1-c1ccccc1. The van der Waals surface area contributed by atoms with E-state index < -0.39 is 17.5 Å². The Morgan fingerprint density at radius 3 is 0.874 bits per heavy atom. The lowest BCUT2D eigenvalue weighted by molar-refractivity contribution is 0.590. The highest BCUT2D eigenvalue weighted by Gasteiger charge is 2.47. The lowest BCUT2D eigenvalue weighted by Gasteiger charge is -2.46. The van der Waals surface area contributed by atoms with Crippen LogP contribution in [0.15, 0.2) is 418 Å². The number of hydrogen-bond acceptors (Lipinski definition) is 2. The molecule has 2 aliphatic heterocycles. The average Bonchev–Trinajstić information content (AvgIpc) is 1.59. The van der Waals surface area contributed by atoms with Gasteiger partial charge in [0.15, 0.2) is 0 Å². The van der Waals surface area contributed by atoms with E-state index in [1.807, 2.05) is 12.1 Å². The lowest BCUT2D eigenvalue weighted by Crippen LogP contribution is -2.61. The quantitative estimate of drug-likeness (QED) is 0.121. The van der Waals surface area contributed by atoms with Gasteiger partial charge in [0.2, 0.25) is 0 Å². The van der Waals surface area contributed by atoms with Crippen LogP contribution in [0.25, 0.3) is 176 Å². The van der Waals surface area contributed by atoms with E-state index in [2.05, 4.69) is 440 Å². The maximum atomic E-state index is 12.2. The van der Waals surface area contributed by atoms with Gasteiger partial charge in [0.05, 0.1) is 63.7 Å². The Hall–Kier alpha value is -15.7. The molecule has 7 heteroatoms. The maximum Gasteiger partial charge on any atom is 0.252 e. The minimum atomic E-state index is -1.22. The van der Waals surface area contributed by atoms with E-state index in [-0.39, 0.29) is 47.6 Å². The fourth-order valence-corrected chi connectivity index (χ4v) is 20.8. The van der Waals surface area contributed by atoms with Crippen LogP contribution in [0.5, 0.6) is 0 Å². The van der Waals surface area contributed by atoms with Crippen LogP contribution in [0.3, 0.4) is 0 Å². The van der Waals surface area contributed by atoms with Crippen LogP contribution in [0.4, 0.5) is 34.1 Å². The van der Waals surface area contributed by atoms with E-state index in [1.54, 1.807) is 0 Å². The van der Waals surface area contributed by atoms with Crippen molar-refractivity contribution in [3.63, 3.8) is 0 Å². The van der Waals surface area contributed by atoms with Gasteiger partial charge in [-0.2, -0.15) is 0 Å². The zero-order valence-electron chi connectivity index (χ0n) is 77.1. The van der Waals surface area contributed by atoms with Gasteiger partial charge in [-0.25, -0.2) is 0 Å². The molecule has 2 aliphatic rings. The van der Waals surface area contributed by atoms with E-state index in [4.69, 9.17) is 0 Å².